The van der Waals surface area contributed by atoms with Crippen molar-refractivity contribution < 1.29 is 4.52 Å². The Kier molecular flexibility index (Phi) is 8.49. The number of aryl methyl sites for hydroxylation is 1. The van der Waals surface area contributed by atoms with E-state index in [1.807, 2.05) is 38.1 Å². The van der Waals surface area contributed by atoms with Gasteiger partial charge in [0.2, 0.25) is 0 Å². The molecular formula is C15H22IN5O. The van der Waals surface area contributed by atoms with Crippen molar-refractivity contribution in [3.63, 3.8) is 0 Å². The van der Waals surface area contributed by atoms with Crippen molar-refractivity contribution >= 4 is 29.9 Å². The highest BCUT2D eigenvalue weighted by Crippen LogP contribution is 2.03. The highest BCUT2D eigenvalue weighted by molar-refractivity contribution is 14.0. The summed E-state index contributed by atoms with van der Waals surface area (Å²) in [6.07, 6.45) is 2.64. The Morgan fingerprint density at radius 3 is 2.73 bits per heavy atom. The van der Waals surface area contributed by atoms with Crippen molar-refractivity contribution in [3.05, 3.63) is 47.6 Å². The summed E-state index contributed by atoms with van der Waals surface area (Å²) >= 11 is 0. The van der Waals surface area contributed by atoms with Gasteiger partial charge in [-0.2, -0.15) is 0 Å². The van der Waals surface area contributed by atoms with E-state index in [0.29, 0.717) is 13.1 Å². The number of nitrogens with zero attached hydrogens (tertiary/aromatic N) is 3. The van der Waals surface area contributed by atoms with Gasteiger partial charge < -0.3 is 15.2 Å². The quantitative estimate of drug-likeness (QED) is 0.431. The fraction of sp³-hybridized carbons (Fsp3) is 0.400. The molecule has 2 rings (SSSR count). The molecular weight excluding hydrogens is 393 g/mol. The first-order valence-electron chi connectivity index (χ1n) is 7.18. The summed E-state index contributed by atoms with van der Waals surface area (Å²) in [5.74, 6) is 1.54. The number of pyridine rings is 1. The van der Waals surface area contributed by atoms with Crippen LogP contribution in [0.3, 0.4) is 0 Å². The minimum atomic E-state index is 0. The standard InChI is InChI=1S/C15H21N5O.HI/c1-3-12-9-14(21-20-12)11-19-15(16-4-2)18-10-13-7-5-6-8-17-13;/h5-9H,3-4,10-11H2,1-2H3,(H2,16,18,19);1H. The van der Waals surface area contributed by atoms with Crippen LogP contribution in [0.5, 0.6) is 0 Å². The Hall–Kier alpha value is -1.64. The zero-order valence-electron chi connectivity index (χ0n) is 12.9. The van der Waals surface area contributed by atoms with Gasteiger partial charge in [0.1, 0.15) is 0 Å². The van der Waals surface area contributed by atoms with Gasteiger partial charge in [0.05, 0.1) is 24.5 Å². The molecule has 0 spiro atoms. The van der Waals surface area contributed by atoms with E-state index in [1.165, 1.54) is 0 Å². The molecule has 0 aromatic carbocycles. The van der Waals surface area contributed by atoms with Crippen molar-refractivity contribution in [2.75, 3.05) is 6.54 Å². The molecule has 7 heteroatoms. The predicted octanol–water partition coefficient (Wildman–Crippen LogP) is 2.51. The first-order valence-corrected chi connectivity index (χ1v) is 7.18. The van der Waals surface area contributed by atoms with E-state index in [4.69, 9.17) is 4.52 Å². The van der Waals surface area contributed by atoms with E-state index >= 15 is 0 Å². The van der Waals surface area contributed by atoms with E-state index in [9.17, 15) is 0 Å². The molecule has 0 fully saturated rings. The summed E-state index contributed by atoms with van der Waals surface area (Å²) < 4.78 is 5.24. The van der Waals surface area contributed by atoms with E-state index in [2.05, 4.69) is 25.8 Å². The van der Waals surface area contributed by atoms with Crippen molar-refractivity contribution in [1.82, 2.24) is 20.8 Å². The van der Waals surface area contributed by atoms with E-state index in [0.717, 1.165) is 36.1 Å². The molecule has 2 aromatic heterocycles. The average Bonchev–Trinajstić information content (AvgIpc) is 2.99. The number of aliphatic imine (C=N–C) groups is 1. The highest BCUT2D eigenvalue weighted by Gasteiger charge is 2.04. The molecule has 2 aromatic rings. The fourth-order valence-electron chi connectivity index (χ4n) is 1.77. The second-order valence-corrected chi connectivity index (χ2v) is 4.51. The second-order valence-electron chi connectivity index (χ2n) is 4.51. The van der Waals surface area contributed by atoms with Crippen molar-refractivity contribution in [2.45, 2.75) is 33.4 Å². The maximum atomic E-state index is 5.24. The molecule has 22 heavy (non-hydrogen) atoms. The van der Waals surface area contributed by atoms with Crippen LogP contribution in [0.25, 0.3) is 0 Å². The number of nitrogens with one attached hydrogen (secondary N) is 2. The molecule has 0 aliphatic heterocycles. The Balaban J connectivity index is 0.00000242. The third-order valence-corrected chi connectivity index (χ3v) is 2.87. The van der Waals surface area contributed by atoms with Crippen LogP contribution >= 0.6 is 24.0 Å². The van der Waals surface area contributed by atoms with Crippen LogP contribution < -0.4 is 10.6 Å². The van der Waals surface area contributed by atoms with Gasteiger partial charge in [-0.15, -0.1) is 24.0 Å². The zero-order chi connectivity index (χ0) is 14.9. The van der Waals surface area contributed by atoms with Crippen molar-refractivity contribution in [1.29, 1.82) is 0 Å². The predicted molar refractivity (Wildman–Crippen MR) is 97.2 cm³/mol. The van der Waals surface area contributed by atoms with Crippen LogP contribution in [0, 0.1) is 0 Å². The fourth-order valence-corrected chi connectivity index (χ4v) is 1.77. The molecule has 0 radical (unpaired) electrons. The number of hydrogen-bond donors (Lipinski definition) is 2. The highest BCUT2D eigenvalue weighted by atomic mass is 127. The smallest absolute Gasteiger partial charge is 0.192 e. The molecule has 0 aliphatic rings. The summed E-state index contributed by atoms with van der Waals surface area (Å²) in [4.78, 5) is 8.75. The summed E-state index contributed by atoms with van der Waals surface area (Å²) in [6, 6.07) is 7.76. The lowest BCUT2D eigenvalue weighted by Gasteiger charge is -2.09. The Bertz CT molecular complexity index is 570. The molecule has 0 saturated heterocycles. The van der Waals surface area contributed by atoms with E-state index in [-0.39, 0.29) is 24.0 Å². The normalized spacial score (nSPS) is 10.9. The first kappa shape index (κ1) is 18.4. The van der Waals surface area contributed by atoms with Crippen molar-refractivity contribution in [3.8, 4) is 0 Å². The van der Waals surface area contributed by atoms with Crippen molar-refractivity contribution in [2.24, 2.45) is 4.99 Å². The maximum Gasteiger partial charge on any atom is 0.192 e. The summed E-state index contributed by atoms with van der Waals surface area (Å²) in [6.45, 7) is 5.97. The molecule has 0 bridgehead atoms. The third-order valence-electron chi connectivity index (χ3n) is 2.87. The van der Waals surface area contributed by atoms with Gasteiger partial charge in [-0.25, -0.2) is 4.99 Å². The van der Waals surface area contributed by atoms with Gasteiger partial charge in [0.25, 0.3) is 0 Å². The molecule has 2 heterocycles. The molecule has 0 amide bonds. The Labute approximate surface area is 147 Å². The number of rotatable bonds is 6. The van der Waals surface area contributed by atoms with E-state index < -0.39 is 0 Å². The number of guanidine groups is 1. The topological polar surface area (TPSA) is 75.3 Å². The van der Waals surface area contributed by atoms with E-state index in [1.54, 1.807) is 6.20 Å². The molecule has 0 atom stereocenters. The van der Waals surface area contributed by atoms with Crippen LogP contribution in [-0.2, 0) is 19.5 Å². The molecule has 6 nitrogen and oxygen atoms in total. The number of aromatic nitrogens is 2. The second kappa shape index (κ2) is 10.1. The third kappa shape index (κ3) is 6.00. The van der Waals surface area contributed by atoms with Crippen LogP contribution in [0.1, 0.15) is 31.0 Å². The molecule has 0 unspecified atom stereocenters. The summed E-state index contributed by atoms with van der Waals surface area (Å²) in [5, 5.41) is 10.4. The summed E-state index contributed by atoms with van der Waals surface area (Å²) in [7, 11) is 0. The van der Waals surface area contributed by atoms with Gasteiger partial charge in [-0.3, -0.25) is 4.98 Å². The van der Waals surface area contributed by atoms with Gasteiger partial charge in [0.15, 0.2) is 11.7 Å². The SMILES string of the molecule is CCNC(=NCc1ccccn1)NCc1cc(CC)no1.I. The van der Waals surface area contributed by atoms with Gasteiger partial charge in [0, 0.05) is 18.8 Å². The number of halogens is 1. The van der Waals surface area contributed by atoms with Gasteiger partial charge >= 0.3 is 0 Å². The lowest BCUT2D eigenvalue weighted by atomic mass is 10.3. The minimum absolute atomic E-state index is 0. The largest absolute Gasteiger partial charge is 0.359 e. The lowest BCUT2D eigenvalue weighted by Crippen LogP contribution is -2.36. The Morgan fingerprint density at radius 1 is 1.23 bits per heavy atom. The van der Waals surface area contributed by atoms with Crippen LogP contribution in [0.2, 0.25) is 0 Å². The molecule has 0 saturated carbocycles. The lowest BCUT2D eigenvalue weighted by molar-refractivity contribution is 0.374. The average molecular weight is 415 g/mol. The van der Waals surface area contributed by atoms with Crippen LogP contribution in [0.15, 0.2) is 40.0 Å². The summed E-state index contributed by atoms with van der Waals surface area (Å²) in [5.41, 5.74) is 1.89. The number of hydrogen-bond acceptors (Lipinski definition) is 4. The monoisotopic (exact) mass is 415 g/mol. The Morgan fingerprint density at radius 2 is 2.09 bits per heavy atom. The molecule has 0 aliphatic carbocycles. The minimum Gasteiger partial charge on any atom is -0.359 e. The van der Waals surface area contributed by atoms with Gasteiger partial charge in [-0.05, 0) is 25.5 Å². The molecule has 120 valence electrons. The molecule has 2 N–H and O–H groups in total. The van der Waals surface area contributed by atoms with Crippen LogP contribution in [-0.4, -0.2) is 22.6 Å². The van der Waals surface area contributed by atoms with Crippen LogP contribution in [0.4, 0.5) is 0 Å². The maximum absolute atomic E-state index is 5.24. The first-order chi connectivity index (χ1) is 10.3. The van der Waals surface area contributed by atoms with Gasteiger partial charge in [-0.1, -0.05) is 18.1 Å². The zero-order valence-corrected chi connectivity index (χ0v) is 15.2.